The van der Waals surface area contributed by atoms with E-state index in [9.17, 15) is 0 Å². The van der Waals surface area contributed by atoms with Gasteiger partial charge in [0.05, 0.1) is 6.54 Å². The van der Waals surface area contributed by atoms with Gasteiger partial charge in [-0.2, -0.15) is 0 Å². The molecule has 0 saturated heterocycles. The number of hydrogen-bond acceptors (Lipinski definition) is 4. The van der Waals surface area contributed by atoms with E-state index in [1.807, 2.05) is 12.1 Å². The molecule has 1 atom stereocenters. The lowest BCUT2D eigenvalue weighted by atomic mass is 10.1. The fraction of sp³-hybridized carbons (Fsp3) is 0.417. The van der Waals surface area contributed by atoms with Crippen molar-refractivity contribution in [2.75, 3.05) is 13.1 Å². The average molecular weight is 219 g/mol. The molecule has 1 aromatic carbocycles. The Balaban J connectivity index is 1.74. The summed E-state index contributed by atoms with van der Waals surface area (Å²) in [4.78, 5) is 4.32. The number of rotatable bonds is 3. The van der Waals surface area contributed by atoms with Crippen molar-refractivity contribution >= 4 is 5.96 Å². The number of nitrogens with one attached hydrogen (secondary N) is 2. The van der Waals surface area contributed by atoms with Gasteiger partial charge in [-0.15, -0.1) is 0 Å². The predicted molar refractivity (Wildman–Crippen MR) is 64.7 cm³/mol. The number of aliphatic imine (C=N–C) groups is 1. The third-order valence-corrected chi connectivity index (χ3v) is 2.55. The second-order valence-electron chi connectivity index (χ2n) is 4.08. The minimum Gasteiger partial charge on any atom is -0.508 e. The Morgan fingerprint density at radius 3 is 2.81 bits per heavy atom. The number of guanidine groups is 1. The first-order chi connectivity index (χ1) is 7.74. The van der Waals surface area contributed by atoms with Crippen molar-refractivity contribution < 1.29 is 5.11 Å². The Morgan fingerprint density at radius 1 is 1.44 bits per heavy atom. The predicted octanol–water partition coefficient (Wildman–Crippen LogP) is 0.872. The van der Waals surface area contributed by atoms with E-state index in [4.69, 9.17) is 5.11 Å². The van der Waals surface area contributed by atoms with Gasteiger partial charge in [0.1, 0.15) is 5.75 Å². The maximum absolute atomic E-state index is 9.14. The van der Waals surface area contributed by atoms with Crippen molar-refractivity contribution in [3.05, 3.63) is 29.8 Å². The molecule has 1 aliphatic rings. The van der Waals surface area contributed by atoms with Crippen molar-refractivity contribution in [2.45, 2.75) is 19.4 Å². The first-order valence-electron chi connectivity index (χ1n) is 5.57. The molecule has 0 amide bonds. The van der Waals surface area contributed by atoms with Gasteiger partial charge in [0.25, 0.3) is 0 Å². The topological polar surface area (TPSA) is 56.7 Å². The van der Waals surface area contributed by atoms with Gasteiger partial charge >= 0.3 is 0 Å². The minimum absolute atomic E-state index is 0.312. The summed E-state index contributed by atoms with van der Waals surface area (Å²) in [5, 5.41) is 15.6. The second kappa shape index (κ2) is 4.88. The highest BCUT2D eigenvalue weighted by atomic mass is 16.3. The van der Waals surface area contributed by atoms with Crippen molar-refractivity contribution in [1.82, 2.24) is 10.6 Å². The van der Waals surface area contributed by atoms with Crippen LogP contribution < -0.4 is 10.6 Å². The van der Waals surface area contributed by atoms with E-state index < -0.39 is 0 Å². The van der Waals surface area contributed by atoms with Gasteiger partial charge in [-0.3, -0.25) is 4.99 Å². The standard InChI is InChI=1S/C12H17N3O/c1-9-8-14-12(15-9)13-7-6-10-2-4-11(16)5-3-10/h2-5,9,16H,6-8H2,1H3,(H2,13,14,15). The molecule has 0 radical (unpaired) electrons. The lowest BCUT2D eigenvalue weighted by Gasteiger charge is -2.08. The van der Waals surface area contributed by atoms with Gasteiger partial charge in [0.15, 0.2) is 5.96 Å². The van der Waals surface area contributed by atoms with Crippen LogP contribution in [0.25, 0.3) is 0 Å². The van der Waals surface area contributed by atoms with E-state index in [1.54, 1.807) is 12.1 Å². The molecule has 0 spiro atoms. The van der Waals surface area contributed by atoms with Crippen LogP contribution >= 0.6 is 0 Å². The van der Waals surface area contributed by atoms with E-state index in [2.05, 4.69) is 22.5 Å². The molecule has 0 saturated carbocycles. The van der Waals surface area contributed by atoms with Gasteiger partial charge in [0, 0.05) is 12.6 Å². The van der Waals surface area contributed by atoms with Crippen molar-refractivity contribution in [2.24, 2.45) is 4.99 Å². The zero-order chi connectivity index (χ0) is 11.4. The molecule has 3 N–H and O–H groups in total. The summed E-state index contributed by atoms with van der Waals surface area (Å²) >= 11 is 0. The van der Waals surface area contributed by atoms with Crippen LogP contribution in [0.4, 0.5) is 0 Å². The van der Waals surface area contributed by atoms with Crippen LogP contribution in [0.1, 0.15) is 12.5 Å². The molecule has 16 heavy (non-hydrogen) atoms. The van der Waals surface area contributed by atoms with Gasteiger partial charge in [-0.1, -0.05) is 12.1 Å². The normalized spacial score (nSPS) is 19.1. The van der Waals surface area contributed by atoms with Crippen molar-refractivity contribution in [3.63, 3.8) is 0 Å². The van der Waals surface area contributed by atoms with E-state index in [0.29, 0.717) is 11.8 Å². The Kier molecular flexibility index (Phi) is 3.29. The SMILES string of the molecule is CC1CN=C(NCCc2ccc(O)cc2)N1. The number of nitrogens with zero attached hydrogens (tertiary/aromatic N) is 1. The fourth-order valence-corrected chi connectivity index (χ4v) is 1.65. The zero-order valence-electron chi connectivity index (χ0n) is 9.40. The molecule has 4 nitrogen and oxygen atoms in total. The molecule has 0 aliphatic carbocycles. The monoisotopic (exact) mass is 219 g/mol. The lowest BCUT2D eigenvalue weighted by Crippen LogP contribution is -2.38. The molecule has 1 heterocycles. The Bertz CT molecular complexity index is 372. The molecular weight excluding hydrogens is 202 g/mol. The van der Waals surface area contributed by atoms with Crippen molar-refractivity contribution in [1.29, 1.82) is 0 Å². The van der Waals surface area contributed by atoms with E-state index in [0.717, 1.165) is 25.5 Å². The van der Waals surface area contributed by atoms with E-state index in [1.165, 1.54) is 5.56 Å². The zero-order valence-corrected chi connectivity index (χ0v) is 9.40. The summed E-state index contributed by atoms with van der Waals surface area (Å²) < 4.78 is 0. The largest absolute Gasteiger partial charge is 0.508 e. The van der Waals surface area contributed by atoms with Crippen LogP contribution in [0.15, 0.2) is 29.3 Å². The quantitative estimate of drug-likeness (QED) is 0.707. The minimum atomic E-state index is 0.312. The summed E-state index contributed by atoms with van der Waals surface area (Å²) in [7, 11) is 0. The molecule has 1 aromatic rings. The Morgan fingerprint density at radius 2 is 2.19 bits per heavy atom. The smallest absolute Gasteiger partial charge is 0.191 e. The van der Waals surface area contributed by atoms with Gasteiger partial charge in [-0.05, 0) is 31.0 Å². The number of benzene rings is 1. The van der Waals surface area contributed by atoms with Gasteiger partial charge in [-0.25, -0.2) is 0 Å². The Hall–Kier alpha value is -1.71. The highest BCUT2D eigenvalue weighted by molar-refractivity contribution is 5.81. The molecule has 0 aromatic heterocycles. The van der Waals surface area contributed by atoms with Crippen LogP contribution in [0.2, 0.25) is 0 Å². The van der Waals surface area contributed by atoms with E-state index in [-0.39, 0.29) is 0 Å². The van der Waals surface area contributed by atoms with Crippen LogP contribution in [-0.4, -0.2) is 30.2 Å². The summed E-state index contributed by atoms with van der Waals surface area (Å²) in [6.45, 7) is 3.81. The second-order valence-corrected chi connectivity index (χ2v) is 4.08. The van der Waals surface area contributed by atoms with Crippen LogP contribution in [0, 0.1) is 0 Å². The van der Waals surface area contributed by atoms with Crippen LogP contribution in [0.5, 0.6) is 5.75 Å². The summed E-state index contributed by atoms with van der Waals surface area (Å²) in [5.74, 6) is 1.21. The molecule has 86 valence electrons. The molecule has 1 aliphatic heterocycles. The lowest BCUT2D eigenvalue weighted by molar-refractivity contribution is 0.475. The molecule has 4 heteroatoms. The molecule has 0 bridgehead atoms. The number of hydrogen-bond donors (Lipinski definition) is 3. The van der Waals surface area contributed by atoms with Crippen molar-refractivity contribution in [3.8, 4) is 5.75 Å². The average Bonchev–Trinajstić information content (AvgIpc) is 2.67. The maximum atomic E-state index is 9.14. The molecular formula is C12H17N3O. The number of aromatic hydroxyl groups is 1. The van der Waals surface area contributed by atoms with E-state index >= 15 is 0 Å². The molecule has 1 unspecified atom stereocenters. The number of phenols is 1. The molecule has 0 fully saturated rings. The third kappa shape index (κ3) is 2.89. The first kappa shape index (κ1) is 10.8. The molecule has 2 rings (SSSR count). The van der Waals surface area contributed by atoms with Crippen LogP contribution in [0.3, 0.4) is 0 Å². The summed E-state index contributed by atoms with van der Waals surface area (Å²) in [6, 6.07) is 7.73. The highest BCUT2D eigenvalue weighted by Gasteiger charge is 2.10. The maximum Gasteiger partial charge on any atom is 0.191 e. The number of phenolic OH excluding ortho intramolecular Hbond substituents is 1. The fourth-order valence-electron chi connectivity index (χ4n) is 1.65. The summed E-state index contributed by atoms with van der Waals surface area (Å²) in [6.07, 6.45) is 0.926. The van der Waals surface area contributed by atoms with Gasteiger partial charge < -0.3 is 15.7 Å². The third-order valence-electron chi connectivity index (χ3n) is 2.55. The summed E-state index contributed by atoms with van der Waals surface area (Å²) in [5.41, 5.74) is 1.21. The van der Waals surface area contributed by atoms with Gasteiger partial charge in [0.2, 0.25) is 0 Å². The van der Waals surface area contributed by atoms with Crippen LogP contribution in [-0.2, 0) is 6.42 Å². The first-order valence-corrected chi connectivity index (χ1v) is 5.57. The Labute approximate surface area is 95.4 Å². The highest BCUT2D eigenvalue weighted by Crippen LogP contribution is 2.09.